The number of hydrogen-bond acceptors (Lipinski definition) is 4. The lowest BCUT2D eigenvalue weighted by atomic mass is 9.86. The van der Waals surface area contributed by atoms with Crippen molar-refractivity contribution in [2.45, 2.75) is 69.5 Å². The number of fused-ring (bicyclic) bond motifs is 1. The largest absolute Gasteiger partial charge is 0.351 e. The summed E-state index contributed by atoms with van der Waals surface area (Å²) in [6.07, 6.45) is 8.20. The Balaban J connectivity index is 1.59. The molecule has 1 saturated heterocycles. The number of β-lactam (4-membered cyclic amide) rings is 1. The molecule has 144 valence electrons. The number of carbonyl (C=O) groups excluding carboxylic acids is 2. The van der Waals surface area contributed by atoms with Gasteiger partial charge >= 0.3 is 0 Å². The third-order valence-corrected chi connectivity index (χ3v) is 6.31. The van der Waals surface area contributed by atoms with Crippen molar-refractivity contribution >= 4 is 17.5 Å². The minimum absolute atomic E-state index is 0.0149. The maximum Gasteiger partial charge on any atom is 0.269 e. The molecule has 2 aliphatic carbocycles. The van der Waals surface area contributed by atoms with E-state index in [1.165, 1.54) is 18.6 Å². The Kier molecular flexibility index (Phi) is 4.85. The molecule has 3 aliphatic rings. The number of benzene rings is 1. The van der Waals surface area contributed by atoms with Crippen molar-refractivity contribution in [2.24, 2.45) is 5.92 Å². The summed E-state index contributed by atoms with van der Waals surface area (Å²) in [5, 5.41) is 14.1. The van der Waals surface area contributed by atoms with E-state index < -0.39 is 11.0 Å². The van der Waals surface area contributed by atoms with E-state index in [0.29, 0.717) is 5.56 Å². The topological polar surface area (TPSA) is 92.5 Å². The number of rotatable bonds is 5. The van der Waals surface area contributed by atoms with Gasteiger partial charge in [0, 0.05) is 24.2 Å². The predicted octanol–water partition coefficient (Wildman–Crippen LogP) is 3.10. The maximum absolute atomic E-state index is 13.2. The minimum Gasteiger partial charge on any atom is -0.351 e. The molecular formula is C20H25N3O4. The zero-order chi connectivity index (χ0) is 19.0. The summed E-state index contributed by atoms with van der Waals surface area (Å²) in [4.78, 5) is 38.0. The van der Waals surface area contributed by atoms with E-state index in [1.807, 2.05) is 0 Å². The fraction of sp³-hybridized carbons (Fsp3) is 0.600. The molecular weight excluding hydrogens is 346 g/mol. The summed E-state index contributed by atoms with van der Waals surface area (Å²) in [7, 11) is 0. The Bertz CT molecular complexity index is 742. The van der Waals surface area contributed by atoms with E-state index in [-0.39, 0.29) is 35.5 Å². The van der Waals surface area contributed by atoms with Crippen LogP contribution in [0.1, 0.15) is 63.0 Å². The second-order valence-electron chi connectivity index (χ2n) is 7.94. The summed E-state index contributed by atoms with van der Waals surface area (Å²) < 4.78 is 0. The van der Waals surface area contributed by atoms with E-state index in [1.54, 1.807) is 17.0 Å². The normalized spacial score (nSPS) is 26.2. The van der Waals surface area contributed by atoms with E-state index in [0.717, 1.165) is 44.9 Å². The Hall–Kier alpha value is -2.44. The van der Waals surface area contributed by atoms with Gasteiger partial charge in [-0.3, -0.25) is 19.7 Å². The molecule has 1 N–H and O–H groups in total. The van der Waals surface area contributed by atoms with Crippen molar-refractivity contribution in [3.8, 4) is 0 Å². The number of hydrogen-bond donors (Lipinski definition) is 1. The third kappa shape index (κ3) is 3.31. The van der Waals surface area contributed by atoms with Crippen LogP contribution < -0.4 is 5.32 Å². The first-order valence-corrected chi connectivity index (χ1v) is 9.93. The van der Waals surface area contributed by atoms with Gasteiger partial charge in [-0.15, -0.1) is 0 Å². The number of nitro groups is 1. The van der Waals surface area contributed by atoms with Crippen LogP contribution in [0.15, 0.2) is 24.3 Å². The SMILES string of the molecule is O=C(NC1CCCCC1)C(c1ccc([N+](=O)[O-])cc1)N1C(=O)[C@@H]2CCC[C@@H]21. The van der Waals surface area contributed by atoms with Gasteiger partial charge in [-0.05, 0) is 43.4 Å². The summed E-state index contributed by atoms with van der Waals surface area (Å²) in [5.41, 5.74) is 0.631. The Morgan fingerprint density at radius 1 is 1.07 bits per heavy atom. The molecule has 0 spiro atoms. The Morgan fingerprint density at radius 2 is 1.78 bits per heavy atom. The highest BCUT2D eigenvalue weighted by Gasteiger charge is 2.54. The van der Waals surface area contributed by atoms with Gasteiger partial charge in [0.1, 0.15) is 6.04 Å². The lowest BCUT2D eigenvalue weighted by molar-refractivity contribution is -0.384. The highest BCUT2D eigenvalue weighted by atomic mass is 16.6. The molecule has 7 nitrogen and oxygen atoms in total. The summed E-state index contributed by atoms with van der Waals surface area (Å²) in [6, 6.07) is 5.62. The zero-order valence-corrected chi connectivity index (χ0v) is 15.3. The first kappa shape index (κ1) is 17.9. The average molecular weight is 371 g/mol. The Labute approximate surface area is 158 Å². The molecule has 1 unspecified atom stereocenters. The summed E-state index contributed by atoms with van der Waals surface area (Å²) >= 11 is 0. The molecule has 1 aliphatic heterocycles. The van der Waals surface area contributed by atoms with Gasteiger partial charge in [-0.25, -0.2) is 0 Å². The third-order valence-electron chi connectivity index (χ3n) is 6.31. The molecule has 2 saturated carbocycles. The maximum atomic E-state index is 13.2. The average Bonchev–Trinajstić information content (AvgIpc) is 3.11. The molecule has 3 fully saturated rings. The quantitative estimate of drug-likeness (QED) is 0.489. The predicted molar refractivity (Wildman–Crippen MR) is 98.8 cm³/mol. The summed E-state index contributed by atoms with van der Waals surface area (Å²) in [6.45, 7) is 0. The number of non-ortho nitro benzene ring substituents is 1. The standard InChI is InChI=1S/C20H25N3O4/c24-19(21-14-5-2-1-3-6-14)18(13-9-11-15(12-10-13)23(26)27)22-17-8-4-7-16(17)20(22)25/h9-12,14,16-18H,1-8H2,(H,21,24)/t16-,17+,18?/m1/s1. The molecule has 4 rings (SSSR count). The minimum atomic E-state index is -0.695. The van der Waals surface area contributed by atoms with Crippen LogP contribution in [0.2, 0.25) is 0 Å². The van der Waals surface area contributed by atoms with Crippen LogP contribution in [0, 0.1) is 16.0 Å². The van der Waals surface area contributed by atoms with Crippen molar-refractivity contribution in [3.05, 3.63) is 39.9 Å². The first-order chi connectivity index (χ1) is 13.1. The van der Waals surface area contributed by atoms with E-state index >= 15 is 0 Å². The van der Waals surface area contributed by atoms with Crippen LogP contribution in [-0.4, -0.2) is 33.7 Å². The fourth-order valence-corrected chi connectivity index (χ4v) is 4.90. The second-order valence-corrected chi connectivity index (χ2v) is 7.94. The molecule has 1 heterocycles. The lowest BCUT2D eigenvalue weighted by Gasteiger charge is -2.48. The van der Waals surface area contributed by atoms with E-state index in [9.17, 15) is 19.7 Å². The van der Waals surface area contributed by atoms with Crippen molar-refractivity contribution in [1.29, 1.82) is 0 Å². The van der Waals surface area contributed by atoms with Crippen molar-refractivity contribution < 1.29 is 14.5 Å². The molecule has 7 heteroatoms. The molecule has 0 aromatic heterocycles. The molecule has 3 atom stereocenters. The van der Waals surface area contributed by atoms with Crippen LogP contribution in [0.5, 0.6) is 0 Å². The molecule has 1 aromatic carbocycles. The van der Waals surface area contributed by atoms with Crippen molar-refractivity contribution in [2.75, 3.05) is 0 Å². The van der Waals surface area contributed by atoms with Crippen LogP contribution >= 0.6 is 0 Å². The molecule has 0 radical (unpaired) electrons. The van der Waals surface area contributed by atoms with Crippen LogP contribution in [0.3, 0.4) is 0 Å². The van der Waals surface area contributed by atoms with Gasteiger partial charge in [-0.2, -0.15) is 0 Å². The fourth-order valence-electron chi connectivity index (χ4n) is 4.90. The van der Waals surface area contributed by atoms with Gasteiger partial charge in [0.25, 0.3) is 5.69 Å². The molecule has 1 aromatic rings. The smallest absolute Gasteiger partial charge is 0.269 e. The first-order valence-electron chi connectivity index (χ1n) is 9.93. The zero-order valence-electron chi connectivity index (χ0n) is 15.3. The highest BCUT2D eigenvalue weighted by Crippen LogP contribution is 2.45. The second kappa shape index (κ2) is 7.29. The number of nitro benzene ring substituents is 1. The molecule has 0 bridgehead atoms. The van der Waals surface area contributed by atoms with Gasteiger partial charge in [0.15, 0.2) is 0 Å². The number of nitrogens with zero attached hydrogens (tertiary/aromatic N) is 2. The van der Waals surface area contributed by atoms with Crippen LogP contribution in [0.25, 0.3) is 0 Å². The highest BCUT2D eigenvalue weighted by molar-refractivity contribution is 5.94. The van der Waals surface area contributed by atoms with Gasteiger partial charge < -0.3 is 10.2 Å². The lowest BCUT2D eigenvalue weighted by Crippen LogP contribution is -2.62. The molecule has 2 amide bonds. The van der Waals surface area contributed by atoms with Gasteiger partial charge in [-0.1, -0.05) is 25.7 Å². The van der Waals surface area contributed by atoms with E-state index in [2.05, 4.69) is 5.32 Å². The van der Waals surface area contributed by atoms with E-state index in [4.69, 9.17) is 0 Å². The summed E-state index contributed by atoms with van der Waals surface area (Å²) in [5.74, 6) is -0.0675. The molecule has 27 heavy (non-hydrogen) atoms. The van der Waals surface area contributed by atoms with Gasteiger partial charge in [0.05, 0.1) is 10.8 Å². The number of likely N-dealkylation sites (tertiary alicyclic amines) is 1. The Morgan fingerprint density at radius 3 is 2.44 bits per heavy atom. The van der Waals surface area contributed by atoms with Crippen molar-refractivity contribution in [3.63, 3.8) is 0 Å². The number of nitrogens with one attached hydrogen (secondary N) is 1. The van der Waals surface area contributed by atoms with Crippen LogP contribution in [-0.2, 0) is 9.59 Å². The number of amides is 2. The monoisotopic (exact) mass is 371 g/mol. The van der Waals surface area contributed by atoms with Crippen molar-refractivity contribution in [1.82, 2.24) is 10.2 Å². The van der Waals surface area contributed by atoms with Gasteiger partial charge in [0.2, 0.25) is 11.8 Å². The number of carbonyl (C=O) groups is 2. The van der Waals surface area contributed by atoms with Crippen LogP contribution in [0.4, 0.5) is 5.69 Å².